The van der Waals surface area contributed by atoms with Crippen LogP contribution in [-0.4, -0.2) is 53.3 Å². The number of nitrogens with one attached hydrogen (secondary N) is 1. The first-order valence-electron chi connectivity index (χ1n) is 11.8. The molecule has 38 heavy (non-hydrogen) atoms. The van der Waals surface area contributed by atoms with Gasteiger partial charge in [0.25, 0.3) is 0 Å². The van der Waals surface area contributed by atoms with Crippen molar-refractivity contribution in [1.82, 2.24) is 10.2 Å². The zero-order valence-electron chi connectivity index (χ0n) is 20.1. The number of alkyl carbamates (subject to hydrolysis) is 1. The molecule has 7 nitrogen and oxygen atoms in total. The summed E-state index contributed by atoms with van der Waals surface area (Å²) >= 11 is 0. The number of carboxylic acid groups (broad SMARTS) is 1. The van der Waals surface area contributed by atoms with Crippen LogP contribution in [0.25, 0.3) is 11.1 Å². The zero-order chi connectivity index (χ0) is 27.3. The Morgan fingerprint density at radius 2 is 1.45 bits per heavy atom. The van der Waals surface area contributed by atoms with E-state index in [1.54, 1.807) is 30.3 Å². The van der Waals surface area contributed by atoms with Crippen molar-refractivity contribution >= 4 is 18.0 Å². The van der Waals surface area contributed by atoms with Crippen LogP contribution in [0, 0.1) is 0 Å². The van der Waals surface area contributed by atoms with Gasteiger partial charge in [-0.2, -0.15) is 13.2 Å². The highest BCUT2D eigenvalue weighted by atomic mass is 19.4. The molecule has 0 aliphatic heterocycles. The Balaban J connectivity index is 1.48. The smallest absolute Gasteiger partial charge is 0.407 e. The first kappa shape index (κ1) is 26.7. The molecule has 1 atom stereocenters. The first-order valence-corrected chi connectivity index (χ1v) is 11.8. The molecule has 3 aromatic rings. The number of hydrogen-bond acceptors (Lipinski definition) is 4. The number of benzene rings is 3. The lowest BCUT2D eigenvalue weighted by Crippen LogP contribution is -2.51. The molecule has 198 valence electrons. The normalized spacial score (nSPS) is 13.2. The summed E-state index contributed by atoms with van der Waals surface area (Å²) in [6.45, 7) is -2.13. The van der Waals surface area contributed by atoms with Crippen molar-refractivity contribution in [3.05, 3.63) is 95.6 Å². The van der Waals surface area contributed by atoms with Gasteiger partial charge in [0.1, 0.15) is 19.2 Å². The molecule has 2 amide bonds. The van der Waals surface area contributed by atoms with Crippen LogP contribution < -0.4 is 5.32 Å². The summed E-state index contributed by atoms with van der Waals surface area (Å²) in [4.78, 5) is 37.6. The Kier molecular flexibility index (Phi) is 7.99. The third kappa shape index (κ3) is 6.50. The lowest BCUT2D eigenvalue weighted by atomic mass is 9.98. The minimum atomic E-state index is -4.73. The molecule has 0 radical (unpaired) electrons. The lowest BCUT2D eigenvalue weighted by Gasteiger charge is -2.28. The molecule has 2 N–H and O–H groups in total. The second kappa shape index (κ2) is 11.4. The van der Waals surface area contributed by atoms with E-state index in [1.807, 2.05) is 48.5 Å². The predicted octanol–water partition coefficient (Wildman–Crippen LogP) is 4.96. The molecule has 1 aliphatic carbocycles. The fraction of sp³-hybridized carbons (Fsp3) is 0.250. The number of fused-ring (bicyclic) bond motifs is 3. The van der Waals surface area contributed by atoms with Crippen LogP contribution in [0.5, 0.6) is 0 Å². The summed E-state index contributed by atoms with van der Waals surface area (Å²) in [6.07, 6.45) is -6.74. The van der Waals surface area contributed by atoms with Gasteiger partial charge in [0.05, 0.1) is 6.42 Å². The Hall–Kier alpha value is -4.34. The number of hydrogen-bond donors (Lipinski definition) is 2. The number of rotatable bonds is 9. The van der Waals surface area contributed by atoms with Crippen LogP contribution in [0.4, 0.5) is 18.0 Å². The van der Waals surface area contributed by atoms with E-state index in [2.05, 4.69) is 5.32 Å². The second-order valence-corrected chi connectivity index (χ2v) is 8.92. The van der Waals surface area contributed by atoms with E-state index in [4.69, 9.17) is 4.74 Å². The van der Waals surface area contributed by atoms with Gasteiger partial charge in [0.2, 0.25) is 5.91 Å². The third-order valence-corrected chi connectivity index (χ3v) is 6.21. The summed E-state index contributed by atoms with van der Waals surface area (Å²) < 4.78 is 45.2. The highest BCUT2D eigenvalue weighted by Gasteiger charge is 2.37. The quantitative estimate of drug-likeness (QED) is 0.411. The molecule has 0 saturated heterocycles. The molecule has 0 saturated carbocycles. The molecule has 1 unspecified atom stereocenters. The van der Waals surface area contributed by atoms with Gasteiger partial charge in [-0.15, -0.1) is 0 Å². The number of alkyl halides is 3. The van der Waals surface area contributed by atoms with Gasteiger partial charge in [0, 0.05) is 12.5 Å². The highest BCUT2D eigenvalue weighted by molar-refractivity contribution is 5.89. The van der Waals surface area contributed by atoms with Crippen molar-refractivity contribution in [1.29, 1.82) is 0 Å². The van der Waals surface area contributed by atoms with Crippen LogP contribution in [0.15, 0.2) is 78.9 Å². The van der Waals surface area contributed by atoms with E-state index in [0.717, 1.165) is 22.3 Å². The molecule has 0 heterocycles. The van der Waals surface area contributed by atoms with E-state index >= 15 is 0 Å². The van der Waals surface area contributed by atoms with Crippen molar-refractivity contribution in [2.75, 3.05) is 13.2 Å². The molecule has 4 rings (SSSR count). The fourth-order valence-electron chi connectivity index (χ4n) is 4.61. The molecule has 3 aromatic carbocycles. The molecule has 0 aromatic heterocycles. The molecular weight excluding hydrogens is 501 g/mol. The zero-order valence-corrected chi connectivity index (χ0v) is 20.1. The maximum Gasteiger partial charge on any atom is 0.407 e. The monoisotopic (exact) mass is 526 g/mol. The Morgan fingerprint density at radius 1 is 0.895 bits per heavy atom. The van der Waals surface area contributed by atoms with Crippen LogP contribution in [-0.2, 0) is 20.9 Å². The number of carbonyl (C=O) groups excluding carboxylic acids is 2. The van der Waals surface area contributed by atoms with Crippen LogP contribution in [0.3, 0.4) is 0 Å². The standard InChI is InChI=1S/C28H25F3N2O5/c29-28(30,31)17-33(15-18-8-2-1-3-9-18)26(36)24(14-25(34)35)32-27(37)38-16-23-21-12-6-4-10-19(21)20-11-5-7-13-22(20)23/h1-13,23-24H,14-17H2,(H,32,37)(H,34,35). The van der Waals surface area contributed by atoms with Crippen LogP contribution in [0.2, 0.25) is 0 Å². The summed E-state index contributed by atoms with van der Waals surface area (Å²) in [6, 6.07) is 21.5. The maximum absolute atomic E-state index is 13.3. The van der Waals surface area contributed by atoms with E-state index in [9.17, 15) is 32.7 Å². The Morgan fingerprint density at radius 3 is 2.00 bits per heavy atom. The van der Waals surface area contributed by atoms with Crippen molar-refractivity contribution in [3.8, 4) is 11.1 Å². The lowest BCUT2D eigenvalue weighted by molar-refractivity contribution is -0.164. The Labute approximate surface area is 216 Å². The Bertz CT molecular complexity index is 1270. The molecular formula is C28H25F3N2O5. The summed E-state index contributed by atoms with van der Waals surface area (Å²) in [5.74, 6) is -2.93. The maximum atomic E-state index is 13.3. The molecule has 10 heteroatoms. The number of ether oxygens (including phenoxy) is 1. The van der Waals surface area contributed by atoms with Gasteiger partial charge in [-0.3, -0.25) is 9.59 Å². The minimum absolute atomic E-state index is 0.107. The van der Waals surface area contributed by atoms with Gasteiger partial charge in [-0.25, -0.2) is 4.79 Å². The SMILES string of the molecule is O=C(O)CC(NC(=O)OCC1c2ccccc2-c2ccccc21)C(=O)N(Cc1ccccc1)CC(F)(F)F. The van der Waals surface area contributed by atoms with Gasteiger partial charge < -0.3 is 20.1 Å². The van der Waals surface area contributed by atoms with Crippen molar-refractivity contribution < 1.29 is 37.4 Å². The number of aliphatic carboxylic acids is 1. The number of nitrogens with zero attached hydrogens (tertiary/aromatic N) is 1. The summed E-state index contributed by atoms with van der Waals surface area (Å²) in [7, 11) is 0. The average molecular weight is 527 g/mol. The van der Waals surface area contributed by atoms with Crippen molar-refractivity contribution in [2.24, 2.45) is 0 Å². The fourth-order valence-corrected chi connectivity index (χ4v) is 4.61. The summed E-state index contributed by atoms with van der Waals surface area (Å²) in [5, 5.41) is 11.5. The number of halogens is 3. The van der Waals surface area contributed by atoms with E-state index in [0.29, 0.717) is 10.5 Å². The van der Waals surface area contributed by atoms with Gasteiger partial charge in [-0.05, 0) is 27.8 Å². The van der Waals surface area contributed by atoms with Gasteiger partial charge in [-0.1, -0.05) is 78.9 Å². The van der Waals surface area contributed by atoms with Crippen LogP contribution >= 0.6 is 0 Å². The highest BCUT2D eigenvalue weighted by Crippen LogP contribution is 2.44. The second-order valence-electron chi connectivity index (χ2n) is 8.92. The topological polar surface area (TPSA) is 95.9 Å². The van der Waals surface area contributed by atoms with E-state index in [-0.39, 0.29) is 12.5 Å². The van der Waals surface area contributed by atoms with Gasteiger partial charge in [0.15, 0.2) is 0 Å². The van der Waals surface area contributed by atoms with Gasteiger partial charge >= 0.3 is 18.2 Å². The predicted molar refractivity (Wildman–Crippen MR) is 132 cm³/mol. The summed E-state index contributed by atoms with van der Waals surface area (Å²) in [5.41, 5.74) is 4.30. The molecule has 1 aliphatic rings. The average Bonchev–Trinajstić information content (AvgIpc) is 3.19. The van der Waals surface area contributed by atoms with Crippen molar-refractivity contribution in [2.45, 2.75) is 31.1 Å². The first-order chi connectivity index (χ1) is 18.1. The number of amides is 2. The molecule has 0 bridgehead atoms. The van der Waals surface area contributed by atoms with Crippen molar-refractivity contribution in [3.63, 3.8) is 0 Å². The molecule has 0 spiro atoms. The van der Waals surface area contributed by atoms with E-state index in [1.165, 1.54) is 0 Å². The van der Waals surface area contributed by atoms with Crippen LogP contribution in [0.1, 0.15) is 29.0 Å². The number of carboxylic acids is 1. The largest absolute Gasteiger partial charge is 0.481 e. The minimum Gasteiger partial charge on any atom is -0.481 e. The third-order valence-electron chi connectivity index (χ3n) is 6.21. The number of carbonyl (C=O) groups is 3. The molecule has 0 fully saturated rings. The van der Waals surface area contributed by atoms with E-state index < -0.39 is 49.7 Å².